The van der Waals surface area contributed by atoms with Crippen LogP contribution >= 0.6 is 0 Å². The summed E-state index contributed by atoms with van der Waals surface area (Å²) in [6.45, 7) is 4.03. The summed E-state index contributed by atoms with van der Waals surface area (Å²) in [5.41, 5.74) is 1.60. The van der Waals surface area contributed by atoms with Crippen LogP contribution in [0, 0.1) is 18.7 Å². The van der Waals surface area contributed by atoms with Gasteiger partial charge in [0.1, 0.15) is 5.82 Å². The van der Waals surface area contributed by atoms with Gasteiger partial charge in [0.25, 0.3) is 0 Å². The molecule has 0 radical (unpaired) electrons. The molecule has 0 aromatic heterocycles. The predicted molar refractivity (Wildman–Crippen MR) is 62.2 cm³/mol. The second-order valence-corrected chi connectivity index (χ2v) is 4.74. The van der Waals surface area contributed by atoms with Gasteiger partial charge in [0.15, 0.2) is 0 Å². The van der Waals surface area contributed by atoms with E-state index in [4.69, 9.17) is 5.11 Å². The second kappa shape index (κ2) is 4.84. The quantitative estimate of drug-likeness (QED) is 0.871. The molecule has 17 heavy (non-hydrogen) atoms. The Morgan fingerprint density at radius 1 is 1.53 bits per heavy atom. The SMILES string of the molecule is Cc1ccc(CN2CC(CC(=O)O)C2)cc1F. The summed E-state index contributed by atoms with van der Waals surface area (Å²) in [4.78, 5) is 12.6. The lowest BCUT2D eigenvalue weighted by atomic mass is 9.95. The average molecular weight is 237 g/mol. The molecule has 1 saturated heterocycles. The molecule has 1 aromatic rings. The van der Waals surface area contributed by atoms with Gasteiger partial charge >= 0.3 is 5.97 Å². The zero-order chi connectivity index (χ0) is 12.4. The summed E-state index contributed by atoms with van der Waals surface area (Å²) in [5, 5.41) is 8.62. The van der Waals surface area contributed by atoms with Crippen LogP contribution in [0.25, 0.3) is 0 Å². The molecule has 1 aliphatic heterocycles. The largest absolute Gasteiger partial charge is 0.481 e. The molecule has 3 nitrogen and oxygen atoms in total. The number of nitrogens with zero attached hydrogens (tertiary/aromatic N) is 1. The van der Waals surface area contributed by atoms with Crippen molar-refractivity contribution in [1.29, 1.82) is 0 Å². The Kier molecular flexibility index (Phi) is 3.43. The molecule has 0 atom stereocenters. The van der Waals surface area contributed by atoms with Crippen LogP contribution in [0.15, 0.2) is 18.2 Å². The van der Waals surface area contributed by atoms with E-state index in [1.54, 1.807) is 19.1 Å². The fraction of sp³-hybridized carbons (Fsp3) is 0.462. The van der Waals surface area contributed by atoms with Crippen LogP contribution in [0.3, 0.4) is 0 Å². The van der Waals surface area contributed by atoms with E-state index in [1.807, 2.05) is 6.07 Å². The number of halogens is 1. The van der Waals surface area contributed by atoms with Gasteiger partial charge in [-0.1, -0.05) is 12.1 Å². The van der Waals surface area contributed by atoms with Crippen molar-refractivity contribution < 1.29 is 14.3 Å². The van der Waals surface area contributed by atoms with E-state index in [0.29, 0.717) is 12.1 Å². The highest BCUT2D eigenvalue weighted by Gasteiger charge is 2.28. The van der Waals surface area contributed by atoms with Crippen LogP contribution < -0.4 is 0 Å². The molecule has 0 saturated carbocycles. The smallest absolute Gasteiger partial charge is 0.303 e. The third-order valence-corrected chi connectivity index (χ3v) is 3.14. The fourth-order valence-corrected chi connectivity index (χ4v) is 2.17. The van der Waals surface area contributed by atoms with Crippen LogP contribution in [-0.4, -0.2) is 29.1 Å². The van der Waals surface area contributed by atoms with Crippen LogP contribution in [0.5, 0.6) is 0 Å². The lowest BCUT2D eigenvalue weighted by Crippen LogP contribution is -2.46. The summed E-state index contributed by atoms with van der Waals surface area (Å²) in [5.74, 6) is -0.663. The van der Waals surface area contributed by atoms with Crippen LogP contribution in [0.2, 0.25) is 0 Å². The highest BCUT2D eigenvalue weighted by Crippen LogP contribution is 2.22. The standard InChI is InChI=1S/C13H16FNO2/c1-9-2-3-10(4-12(9)14)6-15-7-11(8-15)5-13(16)17/h2-4,11H,5-8H2,1H3,(H,16,17). The number of aliphatic carboxylic acids is 1. The fourth-order valence-electron chi connectivity index (χ4n) is 2.17. The van der Waals surface area contributed by atoms with E-state index in [0.717, 1.165) is 18.7 Å². The number of carboxylic acids is 1. The lowest BCUT2D eigenvalue weighted by molar-refractivity contribution is -0.139. The molecule has 1 aromatic carbocycles. The third-order valence-electron chi connectivity index (χ3n) is 3.14. The Morgan fingerprint density at radius 3 is 2.82 bits per heavy atom. The molecular formula is C13H16FNO2. The van der Waals surface area contributed by atoms with Gasteiger partial charge in [-0.3, -0.25) is 9.69 Å². The maximum absolute atomic E-state index is 13.3. The van der Waals surface area contributed by atoms with E-state index >= 15 is 0 Å². The number of benzene rings is 1. The summed E-state index contributed by atoms with van der Waals surface area (Å²) in [7, 11) is 0. The van der Waals surface area contributed by atoms with Gasteiger partial charge in [-0.05, 0) is 30.0 Å². The first kappa shape index (κ1) is 12.0. The minimum Gasteiger partial charge on any atom is -0.481 e. The molecular weight excluding hydrogens is 221 g/mol. The number of likely N-dealkylation sites (tertiary alicyclic amines) is 1. The van der Waals surface area contributed by atoms with Crippen molar-refractivity contribution in [3.8, 4) is 0 Å². The van der Waals surface area contributed by atoms with Crippen LogP contribution in [-0.2, 0) is 11.3 Å². The highest BCUT2D eigenvalue weighted by molar-refractivity contribution is 5.67. The summed E-state index contributed by atoms with van der Waals surface area (Å²) >= 11 is 0. The Balaban J connectivity index is 1.83. The Labute approximate surface area is 99.9 Å². The molecule has 0 amide bonds. The molecule has 1 fully saturated rings. The summed E-state index contributed by atoms with van der Waals surface area (Å²) in [6, 6.07) is 5.25. The van der Waals surface area contributed by atoms with Gasteiger partial charge in [-0.2, -0.15) is 0 Å². The number of rotatable bonds is 4. The normalized spacial score (nSPS) is 16.8. The van der Waals surface area contributed by atoms with Crippen molar-refractivity contribution in [2.24, 2.45) is 5.92 Å². The summed E-state index contributed by atoms with van der Waals surface area (Å²) < 4.78 is 13.3. The Bertz CT molecular complexity index is 427. The predicted octanol–water partition coefficient (Wildman–Crippen LogP) is 2.04. The molecule has 0 unspecified atom stereocenters. The van der Waals surface area contributed by atoms with Crippen molar-refractivity contribution in [2.75, 3.05) is 13.1 Å². The van der Waals surface area contributed by atoms with Crippen molar-refractivity contribution >= 4 is 5.97 Å². The zero-order valence-electron chi connectivity index (χ0n) is 9.82. The molecule has 1 N–H and O–H groups in total. The molecule has 0 spiro atoms. The molecule has 1 heterocycles. The molecule has 92 valence electrons. The zero-order valence-corrected chi connectivity index (χ0v) is 9.82. The second-order valence-electron chi connectivity index (χ2n) is 4.74. The number of aryl methyl sites for hydroxylation is 1. The Hall–Kier alpha value is -1.42. The number of carboxylic acid groups (broad SMARTS) is 1. The molecule has 2 rings (SSSR count). The summed E-state index contributed by atoms with van der Waals surface area (Å²) in [6.07, 6.45) is 0.235. The minimum atomic E-state index is -0.740. The minimum absolute atomic E-state index is 0.176. The van der Waals surface area contributed by atoms with E-state index < -0.39 is 5.97 Å². The first-order valence-corrected chi connectivity index (χ1v) is 5.74. The molecule has 0 aliphatic carbocycles. The topological polar surface area (TPSA) is 40.5 Å². The Morgan fingerprint density at radius 2 is 2.24 bits per heavy atom. The molecule has 4 heteroatoms. The average Bonchev–Trinajstić information content (AvgIpc) is 2.19. The van der Waals surface area contributed by atoms with Crippen LogP contribution in [0.1, 0.15) is 17.5 Å². The first-order chi connectivity index (χ1) is 8.04. The highest BCUT2D eigenvalue weighted by atomic mass is 19.1. The number of hydrogen-bond donors (Lipinski definition) is 1. The van der Waals surface area contributed by atoms with E-state index in [2.05, 4.69) is 4.90 Å². The third kappa shape index (κ3) is 3.03. The van der Waals surface area contributed by atoms with E-state index in [9.17, 15) is 9.18 Å². The molecule has 0 bridgehead atoms. The van der Waals surface area contributed by atoms with Gasteiger partial charge in [-0.25, -0.2) is 4.39 Å². The molecule has 1 aliphatic rings. The number of hydrogen-bond acceptors (Lipinski definition) is 2. The van der Waals surface area contributed by atoms with Crippen molar-refractivity contribution in [3.63, 3.8) is 0 Å². The van der Waals surface area contributed by atoms with Crippen molar-refractivity contribution in [2.45, 2.75) is 19.9 Å². The maximum Gasteiger partial charge on any atom is 0.303 e. The van der Waals surface area contributed by atoms with Crippen LogP contribution in [0.4, 0.5) is 4.39 Å². The number of carbonyl (C=O) groups is 1. The monoisotopic (exact) mass is 237 g/mol. The van der Waals surface area contributed by atoms with Gasteiger partial charge < -0.3 is 5.11 Å². The van der Waals surface area contributed by atoms with Gasteiger partial charge in [0.2, 0.25) is 0 Å². The van der Waals surface area contributed by atoms with Gasteiger partial charge in [0, 0.05) is 19.6 Å². The van der Waals surface area contributed by atoms with E-state index in [-0.39, 0.29) is 18.2 Å². The van der Waals surface area contributed by atoms with Crippen molar-refractivity contribution in [3.05, 3.63) is 35.1 Å². The van der Waals surface area contributed by atoms with Gasteiger partial charge in [-0.15, -0.1) is 0 Å². The van der Waals surface area contributed by atoms with E-state index in [1.165, 1.54) is 0 Å². The first-order valence-electron chi connectivity index (χ1n) is 5.74. The maximum atomic E-state index is 13.3. The lowest BCUT2D eigenvalue weighted by Gasteiger charge is -2.38. The van der Waals surface area contributed by atoms with Gasteiger partial charge in [0.05, 0.1) is 6.42 Å². The van der Waals surface area contributed by atoms with Crippen molar-refractivity contribution in [1.82, 2.24) is 4.90 Å².